The van der Waals surface area contributed by atoms with Crippen LogP contribution in [-0.4, -0.2) is 83.8 Å². The van der Waals surface area contributed by atoms with Gasteiger partial charge in [-0.25, -0.2) is 4.79 Å². The van der Waals surface area contributed by atoms with Crippen molar-refractivity contribution < 1.29 is 24.2 Å². The second-order valence-electron chi connectivity index (χ2n) is 10.4. The smallest absolute Gasteiger partial charge is 0.326 e. The first-order chi connectivity index (χ1) is 17.7. The maximum absolute atomic E-state index is 11.9. The number of hydrogen-bond donors (Lipinski definition) is 1. The highest BCUT2D eigenvalue weighted by molar-refractivity contribution is 6.01. The fourth-order valence-corrected chi connectivity index (χ4v) is 4.96. The minimum Gasteiger partial charge on any atom is -0.494 e. The predicted octanol–water partition coefficient (Wildman–Crippen LogP) is 3.76. The molecule has 37 heavy (non-hydrogen) atoms. The Morgan fingerprint density at radius 2 is 1.78 bits per heavy atom. The number of amides is 3. The molecule has 2 saturated heterocycles. The van der Waals surface area contributed by atoms with Crippen LogP contribution >= 0.6 is 0 Å². The molecule has 1 atom stereocenters. The lowest BCUT2D eigenvalue weighted by molar-refractivity contribution is -0.125. The number of hydrogen-bond acceptors (Lipinski definition) is 6. The number of likely N-dealkylation sites (tertiary alicyclic amines) is 1. The zero-order chi connectivity index (χ0) is 26.4. The van der Waals surface area contributed by atoms with Crippen molar-refractivity contribution in [2.24, 2.45) is 0 Å². The maximum Gasteiger partial charge on any atom is 0.326 e. The summed E-state index contributed by atoms with van der Waals surface area (Å²) in [5, 5.41) is 11.2. The average molecular weight is 510 g/mol. The highest BCUT2D eigenvalue weighted by Crippen LogP contribution is 2.27. The Bertz CT molecular complexity index is 1090. The molecule has 1 N–H and O–H groups in total. The molecule has 2 aromatic carbocycles. The summed E-state index contributed by atoms with van der Waals surface area (Å²) in [6, 6.07) is 13.9. The summed E-state index contributed by atoms with van der Waals surface area (Å²) >= 11 is 0. The molecule has 2 aliphatic rings. The summed E-state index contributed by atoms with van der Waals surface area (Å²) in [6.45, 7) is 7.95. The molecule has 0 radical (unpaired) electrons. The van der Waals surface area contributed by atoms with Crippen molar-refractivity contribution in [3.8, 4) is 11.5 Å². The quantitative estimate of drug-likeness (QED) is 0.388. The summed E-state index contributed by atoms with van der Waals surface area (Å²) in [6.07, 6.45) is 2.92. The van der Waals surface area contributed by atoms with E-state index in [2.05, 4.69) is 30.0 Å². The first kappa shape index (κ1) is 26.9. The van der Waals surface area contributed by atoms with Crippen LogP contribution in [0.5, 0.6) is 11.5 Å². The van der Waals surface area contributed by atoms with Gasteiger partial charge in [0, 0.05) is 26.7 Å². The molecular weight excluding hydrogens is 470 g/mol. The van der Waals surface area contributed by atoms with E-state index in [1.165, 1.54) is 20.9 Å². The van der Waals surface area contributed by atoms with Crippen molar-refractivity contribution in [3.05, 3.63) is 59.2 Å². The van der Waals surface area contributed by atoms with Crippen molar-refractivity contribution in [1.29, 1.82) is 0 Å². The number of ether oxygens (including phenoxy) is 2. The van der Waals surface area contributed by atoms with Crippen LogP contribution in [0.3, 0.4) is 0 Å². The lowest BCUT2D eigenvalue weighted by atomic mass is 9.96. The monoisotopic (exact) mass is 509 g/mol. The van der Waals surface area contributed by atoms with Gasteiger partial charge in [-0.05, 0) is 75.4 Å². The van der Waals surface area contributed by atoms with Gasteiger partial charge in [0.25, 0.3) is 0 Å². The van der Waals surface area contributed by atoms with Crippen LogP contribution in [0.25, 0.3) is 0 Å². The topological polar surface area (TPSA) is 82.6 Å². The zero-order valence-electron chi connectivity index (χ0n) is 22.2. The molecule has 0 bridgehead atoms. The fourth-order valence-electron chi connectivity index (χ4n) is 4.96. The second-order valence-corrected chi connectivity index (χ2v) is 10.4. The molecule has 200 valence electrons. The van der Waals surface area contributed by atoms with E-state index in [0.717, 1.165) is 49.5 Å². The van der Waals surface area contributed by atoms with Gasteiger partial charge in [0.15, 0.2) is 0 Å². The molecule has 8 heteroatoms. The number of benzene rings is 2. The van der Waals surface area contributed by atoms with E-state index in [9.17, 15) is 14.7 Å². The number of imide groups is 1. The van der Waals surface area contributed by atoms with Gasteiger partial charge in [0.2, 0.25) is 5.91 Å². The molecule has 4 rings (SSSR count). The molecule has 0 spiro atoms. The third-order valence-corrected chi connectivity index (χ3v) is 7.19. The summed E-state index contributed by atoms with van der Waals surface area (Å²) in [5.41, 5.74) is 2.68. The van der Waals surface area contributed by atoms with Gasteiger partial charge in [-0.3, -0.25) is 14.6 Å². The molecule has 2 aliphatic heterocycles. The van der Waals surface area contributed by atoms with Gasteiger partial charge < -0.3 is 19.5 Å². The van der Waals surface area contributed by atoms with Crippen molar-refractivity contribution in [2.45, 2.75) is 51.7 Å². The molecule has 0 saturated carbocycles. The highest BCUT2D eigenvalue weighted by Gasteiger charge is 2.33. The number of carbonyl (C=O) groups is 2. The van der Waals surface area contributed by atoms with Crippen molar-refractivity contribution in [2.75, 3.05) is 46.4 Å². The number of urea groups is 1. The van der Waals surface area contributed by atoms with Gasteiger partial charge in [-0.2, -0.15) is 0 Å². The van der Waals surface area contributed by atoms with E-state index in [-0.39, 0.29) is 18.5 Å². The number of nitrogens with zero attached hydrogens (tertiary/aromatic N) is 3. The van der Waals surface area contributed by atoms with Crippen LogP contribution in [0, 0.1) is 13.8 Å². The third-order valence-electron chi connectivity index (χ3n) is 7.19. The Labute approximate surface area is 219 Å². The average Bonchev–Trinajstić information content (AvgIpc) is 2.99. The molecule has 2 heterocycles. The Kier molecular flexibility index (Phi) is 8.71. The van der Waals surface area contributed by atoms with Crippen LogP contribution in [0.15, 0.2) is 42.5 Å². The highest BCUT2D eigenvalue weighted by atomic mass is 16.5. The number of likely N-dealkylation sites (N-methyl/N-ethyl adjacent to an activating group) is 1. The van der Waals surface area contributed by atoms with Gasteiger partial charge in [0.1, 0.15) is 24.7 Å². The lowest BCUT2D eigenvalue weighted by Gasteiger charge is -2.27. The number of aryl methyl sites for hydroxylation is 2. The molecule has 8 nitrogen and oxygen atoms in total. The predicted molar refractivity (Wildman–Crippen MR) is 142 cm³/mol. The Balaban J connectivity index is 1.19. The Morgan fingerprint density at radius 3 is 2.49 bits per heavy atom. The molecule has 1 unspecified atom stereocenters. The standard InChI is InChI=1S/C29H39N3O5/c1-22-6-11-26(23(2)18-22)37-21-29(35)12-4-14-31(16-13-29)19-24-7-9-25(10-8-24)36-17-5-15-32-27(33)20-30(3)28(32)34/h6-11,18,35H,4-5,12-17,19-21H2,1-3H3. The van der Waals surface area contributed by atoms with Crippen molar-refractivity contribution in [1.82, 2.24) is 14.7 Å². The minimum absolute atomic E-state index is 0.151. The molecule has 0 aliphatic carbocycles. The third kappa shape index (κ3) is 7.23. The Hall–Kier alpha value is -3.10. The van der Waals surface area contributed by atoms with E-state index in [1.807, 2.05) is 31.2 Å². The number of rotatable bonds is 10. The van der Waals surface area contributed by atoms with Crippen molar-refractivity contribution in [3.63, 3.8) is 0 Å². The largest absolute Gasteiger partial charge is 0.494 e. The molecule has 2 aromatic rings. The van der Waals surface area contributed by atoms with Gasteiger partial charge in [-0.1, -0.05) is 29.8 Å². The number of carbonyl (C=O) groups excluding carboxylic acids is 2. The second kappa shape index (κ2) is 12.0. The summed E-state index contributed by atoms with van der Waals surface area (Å²) in [4.78, 5) is 28.8. The number of aliphatic hydroxyl groups is 1. The molecular formula is C29H39N3O5. The molecule has 3 amide bonds. The van der Waals surface area contributed by atoms with Gasteiger partial charge >= 0.3 is 6.03 Å². The van der Waals surface area contributed by atoms with Crippen LogP contribution in [0.4, 0.5) is 4.79 Å². The first-order valence-electron chi connectivity index (χ1n) is 13.1. The molecule has 2 fully saturated rings. The van der Waals surface area contributed by atoms with E-state index < -0.39 is 5.60 Å². The van der Waals surface area contributed by atoms with E-state index >= 15 is 0 Å². The van der Waals surface area contributed by atoms with E-state index in [4.69, 9.17) is 9.47 Å². The van der Waals surface area contributed by atoms with E-state index in [0.29, 0.717) is 32.6 Å². The van der Waals surface area contributed by atoms with Crippen LogP contribution in [-0.2, 0) is 11.3 Å². The van der Waals surface area contributed by atoms with E-state index in [1.54, 1.807) is 7.05 Å². The van der Waals surface area contributed by atoms with Crippen molar-refractivity contribution >= 4 is 11.9 Å². The summed E-state index contributed by atoms with van der Waals surface area (Å²) < 4.78 is 11.8. The zero-order valence-corrected chi connectivity index (χ0v) is 22.2. The Morgan fingerprint density at radius 1 is 1.00 bits per heavy atom. The minimum atomic E-state index is -0.816. The van der Waals surface area contributed by atoms with Gasteiger partial charge in [0.05, 0.1) is 12.2 Å². The van der Waals surface area contributed by atoms with Crippen LogP contribution in [0.2, 0.25) is 0 Å². The first-order valence-corrected chi connectivity index (χ1v) is 13.1. The van der Waals surface area contributed by atoms with Gasteiger partial charge in [-0.15, -0.1) is 0 Å². The normalized spacial score (nSPS) is 20.9. The lowest BCUT2D eigenvalue weighted by Crippen LogP contribution is -2.37. The summed E-state index contributed by atoms with van der Waals surface area (Å²) in [7, 11) is 1.63. The van der Waals surface area contributed by atoms with Crippen LogP contribution < -0.4 is 9.47 Å². The maximum atomic E-state index is 11.9. The molecule has 0 aromatic heterocycles. The summed E-state index contributed by atoms with van der Waals surface area (Å²) in [5.74, 6) is 1.46. The SMILES string of the molecule is Cc1ccc(OCC2(O)CCCN(Cc3ccc(OCCCN4C(=O)CN(C)C4=O)cc3)CC2)c(C)c1. The fraction of sp³-hybridized carbons (Fsp3) is 0.517. The van der Waals surface area contributed by atoms with Crippen LogP contribution in [0.1, 0.15) is 42.4 Å².